The Morgan fingerprint density at radius 1 is 1.03 bits per heavy atom. The van der Waals surface area contributed by atoms with Gasteiger partial charge in [0.2, 0.25) is 0 Å². The van der Waals surface area contributed by atoms with Gasteiger partial charge in [-0.15, -0.1) is 0 Å². The molecule has 0 bridgehead atoms. The fourth-order valence-electron chi connectivity index (χ4n) is 4.96. The van der Waals surface area contributed by atoms with Crippen LogP contribution in [0.1, 0.15) is 93.7 Å². The largest absolute Gasteiger partial charge is 0.489 e. The van der Waals surface area contributed by atoms with Crippen molar-refractivity contribution in [2.75, 3.05) is 13.2 Å². The van der Waals surface area contributed by atoms with Gasteiger partial charge in [-0.2, -0.15) is 0 Å². The Hall–Kier alpha value is -2.59. The van der Waals surface area contributed by atoms with Crippen LogP contribution in [0.5, 0.6) is 5.75 Å². The Kier molecular flexibility index (Phi) is 10.9. The molecule has 1 unspecified atom stereocenters. The van der Waals surface area contributed by atoms with Gasteiger partial charge in [-0.1, -0.05) is 75.6 Å². The van der Waals surface area contributed by atoms with E-state index in [1.165, 1.54) is 62.5 Å². The molecule has 2 aromatic rings. The molecular formula is C31H43NO3. The van der Waals surface area contributed by atoms with Gasteiger partial charge >= 0.3 is 5.97 Å². The van der Waals surface area contributed by atoms with E-state index in [0.29, 0.717) is 24.6 Å². The predicted octanol–water partition coefficient (Wildman–Crippen LogP) is 7.28. The summed E-state index contributed by atoms with van der Waals surface area (Å²) in [5, 5.41) is 0. The molecule has 0 radical (unpaired) electrons. The van der Waals surface area contributed by atoms with Gasteiger partial charge in [-0.25, -0.2) is 4.79 Å². The summed E-state index contributed by atoms with van der Waals surface area (Å²) in [6.45, 7) is 8.72. The number of rotatable bonds is 13. The van der Waals surface area contributed by atoms with Crippen LogP contribution in [0, 0.1) is 5.92 Å². The highest BCUT2D eigenvalue weighted by atomic mass is 16.5. The first-order valence-corrected chi connectivity index (χ1v) is 13.3. The molecule has 0 aromatic heterocycles. The molecule has 2 aromatic carbocycles. The van der Waals surface area contributed by atoms with Gasteiger partial charge in [0.1, 0.15) is 12.4 Å². The molecule has 1 fully saturated rings. The third-order valence-electron chi connectivity index (χ3n) is 7.32. The van der Waals surface area contributed by atoms with Crippen molar-refractivity contribution >= 4 is 5.97 Å². The number of benzene rings is 2. The summed E-state index contributed by atoms with van der Waals surface area (Å²) < 4.78 is 11.3. The number of hydrogen-bond donors (Lipinski definition) is 1. The fourth-order valence-corrected chi connectivity index (χ4v) is 4.96. The summed E-state index contributed by atoms with van der Waals surface area (Å²) >= 11 is 0. The summed E-state index contributed by atoms with van der Waals surface area (Å²) in [6.07, 6.45) is 11.0. The average Bonchev–Trinajstić information content (AvgIpc) is 2.89. The van der Waals surface area contributed by atoms with E-state index in [0.717, 1.165) is 17.2 Å². The Morgan fingerprint density at radius 3 is 2.31 bits per heavy atom. The Bertz CT molecular complexity index is 911. The normalized spacial score (nSPS) is 18.6. The molecule has 0 aliphatic heterocycles. The van der Waals surface area contributed by atoms with E-state index >= 15 is 0 Å². The number of ether oxygens (including phenoxy) is 2. The second kappa shape index (κ2) is 14.1. The molecule has 2 N–H and O–H groups in total. The third kappa shape index (κ3) is 8.54. The minimum absolute atomic E-state index is 0.0497. The second-order valence-corrected chi connectivity index (χ2v) is 10.1. The van der Waals surface area contributed by atoms with Crippen molar-refractivity contribution in [2.24, 2.45) is 11.7 Å². The molecule has 35 heavy (non-hydrogen) atoms. The Labute approximate surface area is 211 Å². The van der Waals surface area contributed by atoms with Gasteiger partial charge in [-0.3, -0.25) is 0 Å². The van der Waals surface area contributed by atoms with Gasteiger partial charge in [0.15, 0.2) is 0 Å². The van der Waals surface area contributed by atoms with Crippen LogP contribution >= 0.6 is 0 Å². The van der Waals surface area contributed by atoms with Crippen molar-refractivity contribution in [3.8, 4) is 5.75 Å². The first-order valence-electron chi connectivity index (χ1n) is 13.3. The fraction of sp³-hybridized carbons (Fsp3) is 0.516. The zero-order valence-corrected chi connectivity index (χ0v) is 21.6. The number of esters is 1. The highest BCUT2D eigenvalue weighted by molar-refractivity contribution is 5.86. The molecule has 1 aliphatic rings. The van der Waals surface area contributed by atoms with Crippen LogP contribution in [0.25, 0.3) is 0 Å². The monoisotopic (exact) mass is 477 g/mol. The number of unbranched alkanes of at least 4 members (excludes halogenated alkanes) is 2. The van der Waals surface area contributed by atoms with Gasteiger partial charge in [0.25, 0.3) is 0 Å². The summed E-state index contributed by atoms with van der Waals surface area (Å²) in [5.41, 5.74) is 9.97. The molecule has 0 heterocycles. The summed E-state index contributed by atoms with van der Waals surface area (Å²) in [4.78, 5) is 11.7. The van der Waals surface area contributed by atoms with E-state index in [1.54, 1.807) is 6.92 Å². The van der Waals surface area contributed by atoms with Gasteiger partial charge in [0.05, 0.1) is 6.61 Å². The van der Waals surface area contributed by atoms with E-state index in [9.17, 15) is 4.79 Å². The van der Waals surface area contributed by atoms with E-state index in [-0.39, 0.29) is 18.5 Å². The Morgan fingerprint density at radius 2 is 1.71 bits per heavy atom. The van der Waals surface area contributed by atoms with Crippen molar-refractivity contribution < 1.29 is 14.3 Å². The van der Waals surface area contributed by atoms with Crippen LogP contribution in [0.4, 0.5) is 0 Å². The molecule has 1 saturated carbocycles. The number of nitrogens with two attached hydrogens (primary N) is 1. The van der Waals surface area contributed by atoms with Gasteiger partial charge in [0, 0.05) is 18.0 Å². The smallest absolute Gasteiger partial charge is 0.333 e. The van der Waals surface area contributed by atoms with Crippen molar-refractivity contribution in [3.63, 3.8) is 0 Å². The van der Waals surface area contributed by atoms with Crippen LogP contribution in [0.3, 0.4) is 0 Å². The van der Waals surface area contributed by atoms with Crippen LogP contribution in [-0.2, 0) is 16.1 Å². The summed E-state index contributed by atoms with van der Waals surface area (Å²) in [5.74, 6) is 2.04. The van der Waals surface area contributed by atoms with Crippen LogP contribution < -0.4 is 10.5 Å². The Balaban J connectivity index is 1.44. The predicted molar refractivity (Wildman–Crippen MR) is 144 cm³/mol. The SMILES string of the molecule is C=C(C)C(=O)OCC(CN)c1ccc(OCc2ccc(C3CCC(CCCCC)CC3)cc2)cc1. The van der Waals surface area contributed by atoms with E-state index in [1.807, 2.05) is 24.3 Å². The number of carbonyl (C=O) groups excluding carboxylic acids is 1. The number of carbonyl (C=O) groups is 1. The lowest BCUT2D eigenvalue weighted by atomic mass is 9.77. The molecule has 4 nitrogen and oxygen atoms in total. The molecule has 1 aliphatic carbocycles. The maximum Gasteiger partial charge on any atom is 0.333 e. The highest BCUT2D eigenvalue weighted by Crippen LogP contribution is 2.37. The topological polar surface area (TPSA) is 61.5 Å². The van der Waals surface area contributed by atoms with E-state index < -0.39 is 0 Å². The van der Waals surface area contributed by atoms with Crippen LogP contribution in [0.2, 0.25) is 0 Å². The van der Waals surface area contributed by atoms with Crippen molar-refractivity contribution in [1.82, 2.24) is 0 Å². The first kappa shape index (κ1) is 27.0. The van der Waals surface area contributed by atoms with Gasteiger partial charge in [-0.05, 0) is 73.3 Å². The lowest BCUT2D eigenvalue weighted by Crippen LogP contribution is -2.20. The molecule has 0 spiro atoms. The third-order valence-corrected chi connectivity index (χ3v) is 7.32. The van der Waals surface area contributed by atoms with Crippen LogP contribution in [-0.4, -0.2) is 19.1 Å². The highest BCUT2D eigenvalue weighted by Gasteiger charge is 2.22. The molecule has 3 rings (SSSR count). The summed E-state index contributed by atoms with van der Waals surface area (Å²) in [7, 11) is 0. The molecule has 0 saturated heterocycles. The maximum absolute atomic E-state index is 11.7. The standard InChI is InChI=1S/C31H43NO3/c1-4-5-6-7-24-8-12-26(13-9-24)27-14-10-25(11-15-27)21-34-30-18-16-28(17-19-30)29(20-32)22-35-31(33)23(2)3/h10-11,14-19,24,26,29H,2,4-9,12-13,20-22,32H2,1,3H3. The van der Waals surface area contributed by atoms with Crippen molar-refractivity contribution in [3.05, 3.63) is 77.4 Å². The molecule has 0 amide bonds. The van der Waals surface area contributed by atoms with E-state index in [2.05, 4.69) is 37.8 Å². The molecule has 1 atom stereocenters. The zero-order valence-electron chi connectivity index (χ0n) is 21.6. The minimum atomic E-state index is -0.385. The molecular weight excluding hydrogens is 434 g/mol. The maximum atomic E-state index is 11.7. The lowest BCUT2D eigenvalue weighted by Gasteiger charge is -2.29. The molecule has 4 heteroatoms. The van der Waals surface area contributed by atoms with Crippen molar-refractivity contribution in [1.29, 1.82) is 0 Å². The zero-order chi connectivity index (χ0) is 25.0. The quantitative estimate of drug-likeness (QED) is 0.187. The van der Waals surface area contributed by atoms with Crippen molar-refractivity contribution in [2.45, 2.75) is 83.7 Å². The van der Waals surface area contributed by atoms with E-state index in [4.69, 9.17) is 15.2 Å². The second-order valence-electron chi connectivity index (χ2n) is 10.1. The summed E-state index contributed by atoms with van der Waals surface area (Å²) in [6, 6.07) is 16.9. The first-order chi connectivity index (χ1) is 17.0. The van der Waals surface area contributed by atoms with Crippen LogP contribution in [0.15, 0.2) is 60.7 Å². The number of hydrogen-bond acceptors (Lipinski definition) is 4. The molecule has 190 valence electrons. The van der Waals surface area contributed by atoms with Gasteiger partial charge < -0.3 is 15.2 Å². The lowest BCUT2D eigenvalue weighted by molar-refractivity contribution is -0.139. The average molecular weight is 478 g/mol. The minimum Gasteiger partial charge on any atom is -0.489 e.